The van der Waals surface area contributed by atoms with E-state index in [-0.39, 0.29) is 19.3 Å². The molecule has 0 N–H and O–H groups in total. The number of benzene rings is 3. The Morgan fingerprint density at radius 1 is 1.05 bits per heavy atom. The molecule has 0 amide bonds. The fourth-order valence-corrected chi connectivity index (χ4v) is 4.19. The second-order valence-corrected chi connectivity index (χ2v) is 9.21. The maximum Gasteiger partial charge on any atom is 0.341 e. The van der Waals surface area contributed by atoms with Gasteiger partial charge in [0, 0.05) is 23.4 Å². The molecular formula is C33H30ClNO4. The second-order valence-electron chi connectivity index (χ2n) is 8.77. The Morgan fingerprint density at radius 2 is 1.90 bits per heavy atom. The number of esters is 1. The summed E-state index contributed by atoms with van der Waals surface area (Å²) in [6, 6.07) is 24.8. The van der Waals surface area contributed by atoms with E-state index < -0.39 is 5.97 Å². The first-order valence-corrected chi connectivity index (χ1v) is 13.2. The summed E-state index contributed by atoms with van der Waals surface area (Å²) >= 11 is 6.13. The topological polar surface area (TPSA) is 57.7 Å². The van der Waals surface area contributed by atoms with Gasteiger partial charge in [0.15, 0.2) is 0 Å². The van der Waals surface area contributed by atoms with Crippen molar-refractivity contribution in [1.29, 1.82) is 0 Å². The first-order valence-electron chi connectivity index (χ1n) is 12.9. The molecule has 0 saturated carbocycles. The van der Waals surface area contributed by atoms with E-state index in [2.05, 4.69) is 12.0 Å². The van der Waals surface area contributed by atoms with E-state index in [0.29, 0.717) is 29.4 Å². The number of pyridine rings is 1. The number of hydrogen-bond donors (Lipinski definition) is 0. The number of ether oxygens (including phenoxy) is 3. The minimum Gasteiger partial charge on any atom is -0.490 e. The third kappa shape index (κ3) is 7.94. The lowest BCUT2D eigenvalue weighted by Gasteiger charge is -2.20. The standard InChI is InChI=1S/C33H30ClNO4/c1-3-5-8-20-38-32(23-39-31-13-7-6-12-29(31)33(36)37-4-2)26-11-9-10-24(21-26)14-18-28-19-16-25-15-17-27(34)22-30(25)35-28/h1,6-7,9-19,21-22,32H,4-5,8,20,23H2,2H3/b18-14+. The summed E-state index contributed by atoms with van der Waals surface area (Å²) in [4.78, 5) is 17.1. The molecule has 0 bridgehead atoms. The summed E-state index contributed by atoms with van der Waals surface area (Å²) in [6.45, 7) is 2.76. The van der Waals surface area contributed by atoms with Crippen molar-refractivity contribution < 1.29 is 19.0 Å². The summed E-state index contributed by atoms with van der Waals surface area (Å²) in [7, 11) is 0. The van der Waals surface area contributed by atoms with Gasteiger partial charge < -0.3 is 14.2 Å². The Hall–Kier alpha value is -4.11. The highest BCUT2D eigenvalue weighted by Gasteiger charge is 2.17. The molecule has 6 heteroatoms. The maximum absolute atomic E-state index is 12.4. The molecule has 39 heavy (non-hydrogen) atoms. The molecule has 1 heterocycles. The molecule has 0 fully saturated rings. The van der Waals surface area contributed by atoms with Gasteiger partial charge in [-0.2, -0.15) is 0 Å². The van der Waals surface area contributed by atoms with Crippen LogP contribution in [0.2, 0.25) is 5.02 Å². The van der Waals surface area contributed by atoms with Gasteiger partial charge in [-0.1, -0.05) is 60.1 Å². The molecule has 4 rings (SSSR count). The van der Waals surface area contributed by atoms with Crippen LogP contribution in [0.15, 0.2) is 78.9 Å². The van der Waals surface area contributed by atoms with E-state index in [0.717, 1.165) is 34.1 Å². The SMILES string of the molecule is C#CCCCOC(COc1ccccc1C(=O)OCC)c1cccc(/C=C/c2ccc3ccc(Cl)cc3n2)c1. The summed E-state index contributed by atoms with van der Waals surface area (Å²) in [5.41, 5.74) is 4.00. The minimum atomic E-state index is -0.420. The fraction of sp³-hybridized carbons (Fsp3) is 0.212. The van der Waals surface area contributed by atoms with Gasteiger partial charge in [-0.25, -0.2) is 9.78 Å². The van der Waals surface area contributed by atoms with Gasteiger partial charge in [0.25, 0.3) is 0 Å². The van der Waals surface area contributed by atoms with E-state index in [1.54, 1.807) is 25.1 Å². The third-order valence-corrected chi connectivity index (χ3v) is 6.20. The Morgan fingerprint density at radius 3 is 2.74 bits per heavy atom. The van der Waals surface area contributed by atoms with Crippen LogP contribution in [0.5, 0.6) is 5.75 Å². The highest BCUT2D eigenvalue weighted by molar-refractivity contribution is 6.31. The van der Waals surface area contributed by atoms with E-state index in [1.165, 1.54) is 0 Å². The Labute approximate surface area is 234 Å². The van der Waals surface area contributed by atoms with Crippen LogP contribution >= 0.6 is 11.6 Å². The lowest BCUT2D eigenvalue weighted by atomic mass is 10.1. The molecule has 4 aromatic rings. The van der Waals surface area contributed by atoms with Crippen molar-refractivity contribution in [3.8, 4) is 18.1 Å². The van der Waals surface area contributed by atoms with Crippen molar-refractivity contribution in [3.63, 3.8) is 0 Å². The van der Waals surface area contributed by atoms with E-state index in [1.807, 2.05) is 66.7 Å². The molecule has 5 nitrogen and oxygen atoms in total. The average Bonchev–Trinajstić information content (AvgIpc) is 2.96. The molecule has 0 aliphatic carbocycles. The Balaban J connectivity index is 1.52. The maximum atomic E-state index is 12.4. The molecule has 1 atom stereocenters. The van der Waals surface area contributed by atoms with Crippen LogP contribution in [-0.4, -0.2) is 30.8 Å². The van der Waals surface area contributed by atoms with Gasteiger partial charge in [-0.15, -0.1) is 12.3 Å². The molecule has 0 spiro atoms. The molecule has 1 unspecified atom stereocenters. The number of rotatable bonds is 12. The van der Waals surface area contributed by atoms with Gasteiger partial charge in [0.2, 0.25) is 0 Å². The Kier molecular flexibility index (Phi) is 10.1. The number of para-hydroxylation sites is 1. The average molecular weight is 540 g/mol. The third-order valence-electron chi connectivity index (χ3n) is 5.96. The van der Waals surface area contributed by atoms with Gasteiger partial charge in [0.1, 0.15) is 24.0 Å². The van der Waals surface area contributed by atoms with Crippen molar-refractivity contribution in [2.45, 2.75) is 25.9 Å². The smallest absolute Gasteiger partial charge is 0.341 e. The minimum absolute atomic E-state index is 0.215. The highest BCUT2D eigenvalue weighted by atomic mass is 35.5. The van der Waals surface area contributed by atoms with Crippen LogP contribution in [0.3, 0.4) is 0 Å². The van der Waals surface area contributed by atoms with Gasteiger partial charge in [-0.3, -0.25) is 0 Å². The number of carbonyl (C=O) groups is 1. The normalized spacial score (nSPS) is 11.8. The number of aromatic nitrogens is 1. The van der Waals surface area contributed by atoms with Crippen LogP contribution < -0.4 is 4.74 Å². The van der Waals surface area contributed by atoms with Crippen molar-refractivity contribution in [2.24, 2.45) is 0 Å². The monoisotopic (exact) mass is 539 g/mol. The van der Waals surface area contributed by atoms with Crippen LogP contribution in [0.1, 0.15) is 53.0 Å². The van der Waals surface area contributed by atoms with Crippen LogP contribution in [0.4, 0.5) is 0 Å². The number of carbonyl (C=O) groups excluding carboxylic acids is 1. The first-order chi connectivity index (χ1) is 19.1. The van der Waals surface area contributed by atoms with Crippen LogP contribution in [-0.2, 0) is 9.47 Å². The van der Waals surface area contributed by atoms with E-state index >= 15 is 0 Å². The number of halogens is 1. The fourth-order valence-electron chi connectivity index (χ4n) is 4.02. The van der Waals surface area contributed by atoms with Gasteiger partial charge in [0.05, 0.1) is 17.8 Å². The quantitative estimate of drug-likeness (QED) is 0.104. The zero-order valence-corrected chi connectivity index (χ0v) is 22.6. The largest absolute Gasteiger partial charge is 0.490 e. The van der Waals surface area contributed by atoms with E-state index in [4.69, 9.17) is 37.2 Å². The molecule has 3 aromatic carbocycles. The summed E-state index contributed by atoms with van der Waals surface area (Å²) in [5, 5.41) is 1.69. The summed E-state index contributed by atoms with van der Waals surface area (Å²) in [5.74, 6) is 2.67. The summed E-state index contributed by atoms with van der Waals surface area (Å²) < 4.78 is 17.5. The van der Waals surface area contributed by atoms with Crippen molar-refractivity contribution >= 4 is 40.6 Å². The number of hydrogen-bond acceptors (Lipinski definition) is 5. The number of terminal acetylenes is 1. The zero-order chi connectivity index (χ0) is 27.5. The zero-order valence-electron chi connectivity index (χ0n) is 21.8. The van der Waals surface area contributed by atoms with Crippen LogP contribution in [0.25, 0.3) is 23.1 Å². The molecule has 0 radical (unpaired) electrons. The highest BCUT2D eigenvalue weighted by Crippen LogP contribution is 2.25. The second kappa shape index (κ2) is 14.2. The predicted molar refractivity (Wildman–Crippen MR) is 157 cm³/mol. The molecular weight excluding hydrogens is 510 g/mol. The number of nitrogens with zero attached hydrogens (tertiary/aromatic N) is 1. The molecule has 198 valence electrons. The Bertz CT molecular complexity index is 1490. The lowest BCUT2D eigenvalue weighted by molar-refractivity contribution is 0.0175. The van der Waals surface area contributed by atoms with Crippen molar-refractivity contribution in [2.75, 3.05) is 19.8 Å². The van der Waals surface area contributed by atoms with E-state index in [9.17, 15) is 4.79 Å². The molecule has 1 aromatic heterocycles. The van der Waals surface area contributed by atoms with Gasteiger partial charge >= 0.3 is 5.97 Å². The lowest BCUT2D eigenvalue weighted by Crippen LogP contribution is -2.16. The van der Waals surface area contributed by atoms with Crippen molar-refractivity contribution in [1.82, 2.24) is 4.98 Å². The first kappa shape index (κ1) is 27.9. The molecule has 0 aliphatic rings. The molecule has 0 saturated heterocycles. The van der Waals surface area contributed by atoms with Gasteiger partial charge in [-0.05, 0) is 66.9 Å². The van der Waals surface area contributed by atoms with Crippen LogP contribution in [0, 0.1) is 12.3 Å². The van der Waals surface area contributed by atoms with Crippen molar-refractivity contribution in [3.05, 3.63) is 106 Å². The number of fused-ring (bicyclic) bond motifs is 1. The molecule has 0 aliphatic heterocycles. The number of unbranched alkanes of at least 4 members (excludes halogenated alkanes) is 1. The summed E-state index contributed by atoms with van der Waals surface area (Å²) in [6.07, 6.45) is 10.4. The predicted octanol–water partition coefficient (Wildman–Crippen LogP) is 7.79.